The van der Waals surface area contributed by atoms with Crippen LogP contribution in [0.5, 0.6) is 5.75 Å². The van der Waals surface area contributed by atoms with Gasteiger partial charge in [0, 0.05) is 11.8 Å². The Hall–Kier alpha value is -3.73. The predicted octanol–water partition coefficient (Wildman–Crippen LogP) is 2.25. The molecule has 0 atom stereocenters. The minimum absolute atomic E-state index is 0.306. The van der Waals surface area contributed by atoms with Crippen molar-refractivity contribution in [2.24, 2.45) is 0 Å². The molecule has 1 aromatic carbocycles. The lowest BCUT2D eigenvalue weighted by atomic mass is 10.1. The zero-order chi connectivity index (χ0) is 20.8. The van der Waals surface area contributed by atoms with Crippen LogP contribution in [0.15, 0.2) is 46.5 Å². The van der Waals surface area contributed by atoms with Crippen molar-refractivity contribution in [3.63, 3.8) is 0 Å². The van der Waals surface area contributed by atoms with Crippen molar-refractivity contribution in [2.75, 3.05) is 13.4 Å². The number of H-pyrrole nitrogens is 1. The number of ether oxygens (including phenoxy) is 1. The zero-order valence-corrected chi connectivity index (χ0v) is 17.1. The second kappa shape index (κ2) is 6.95. The molecule has 0 aliphatic carbocycles. The molecule has 10 nitrogen and oxygen atoms in total. The first-order chi connectivity index (χ1) is 14.6. The van der Waals surface area contributed by atoms with E-state index in [2.05, 4.69) is 30.2 Å². The molecule has 30 heavy (non-hydrogen) atoms. The lowest BCUT2D eigenvalue weighted by Crippen LogP contribution is -2.21. The lowest BCUT2D eigenvalue weighted by Gasteiger charge is -2.12. The first kappa shape index (κ1) is 18.3. The molecule has 0 bridgehead atoms. The highest BCUT2D eigenvalue weighted by Crippen LogP contribution is 2.33. The SMILES string of the molecule is COc1ccccc1-c1c2c(=O)n(-c3nc(SC)n[nH]3)ccc2nc2nc(C)nn12. The number of para-hydroxylation sites is 1. The van der Waals surface area contributed by atoms with Gasteiger partial charge in [0.05, 0.1) is 23.7 Å². The summed E-state index contributed by atoms with van der Waals surface area (Å²) in [6, 6.07) is 9.20. The zero-order valence-electron chi connectivity index (χ0n) is 16.3. The number of nitrogens with one attached hydrogen (secondary N) is 1. The summed E-state index contributed by atoms with van der Waals surface area (Å²) >= 11 is 1.38. The van der Waals surface area contributed by atoms with E-state index >= 15 is 0 Å². The summed E-state index contributed by atoms with van der Waals surface area (Å²) in [7, 11) is 1.59. The van der Waals surface area contributed by atoms with Crippen LogP contribution < -0.4 is 10.3 Å². The van der Waals surface area contributed by atoms with Gasteiger partial charge in [0.2, 0.25) is 11.1 Å². The van der Waals surface area contributed by atoms with Crippen LogP contribution in [0.4, 0.5) is 0 Å². The molecule has 0 saturated heterocycles. The maximum atomic E-state index is 13.6. The standard InChI is InChI=1S/C19H16N8O2S/c1-10-20-17-21-12-8-9-26(18-22-19(30-3)24-23-18)16(28)14(12)15(27(17)25-10)11-6-4-5-7-13(11)29-2/h4-9H,1-3H3,(H,22,23,24). The topological polar surface area (TPSA) is 116 Å². The molecule has 5 rings (SSSR count). The van der Waals surface area contributed by atoms with Gasteiger partial charge in [-0.25, -0.2) is 10.1 Å². The third kappa shape index (κ3) is 2.74. The van der Waals surface area contributed by atoms with Gasteiger partial charge in [-0.2, -0.15) is 14.5 Å². The van der Waals surface area contributed by atoms with E-state index in [1.54, 1.807) is 30.8 Å². The number of hydrogen-bond donors (Lipinski definition) is 1. The first-order valence-electron chi connectivity index (χ1n) is 8.99. The minimum Gasteiger partial charge on any atom is -0.496 e. The molecule has 4 aromatic heterocycles. The average molecular weight is 420 g/mol. The van der Waals surface area contributed by atoms with Crippen molar-refractivity contribution >= 4 is 28.4 Å². The van der Waals surface area contributed by atoms with Gasteiger partial charge >= 0.3 is 0 Å². The Kier molecular flexibility index (Phi) is 4.24. The van der Waals surface area contributed by atoms with Gasteiger partial charge in [0.15, 0.2) is 0 Å². The van der Waals surface area contributed by atoms with E-state index in [1.807, 2.05) is 30.5 Å². The summed E-state index contributed by atoms with van der Waals surface area (Å²) in [5.41, 5.74) is 1.46. The fourth-order valence-electron chi connectivity index (χ4n) is 3.38. The van der Waals surface area contributed by atoms with Crippen LogP contribution in [-0.2, 0) is 0 Å². The molecule has 11 heteroatoms. The Labute approximate surface area is 174 Å². The third-order valence-corrected chi connectivity index (χ3v) is 5.21. The molecule has 0 aliphatic heterocycles. The third-order valence-electron chi connectivity index (χ3n) is 4.66. The average Bonchev–Trinajstić information content (AvgIpc) is 3.38. The summed E-state index contributed by atoms with van der Waals surface area (Å²) in [5.74, 6) is 1.89. The van der Waals surface area contributed by atoms with E-state index in [4.69, 9.17) is 4.74 Å². The summed E-state index contributed by atoms with van der Waals surface area (Å²) in [6.45, 7) is 1.78. The highest BCUT2D eigenvalue weighted by atomic mass is 32.2. The van der Waals surface area contributed by atoms with Gasteiger partial charge in [-0.1, -0.05) is 23.9 Å². The van der Waals surface area contributed by atoms with Gasteiger partial charge in [-0.3, -0.25) is 9.36 Å². The summed E-state index contributed by atoms with van der Waals surface area (Å²) < 4.78 is 8.54. The predicted molar refractivity (Wildman–Crippen MR) is 112 cm³/mol. The molecule has 0 saturated carbocycles. The van der Waals surface area contributed by atoms with E-state index in [9.17, 15) is 4.79 Å². The van der Waals surface area contributed by atoms with Crippen LogP contribution >= 0.6 is 11.8 Å². The maximum Gasteiger partial charge on any atom is 0.269 e. The fraction of sp³-hybridized carbons (Fsp3) is 0.158. The Morgan fingerprint density at radius 1 is 1.13 bits per heavy atom. The molecule has 0 unspecified atom stereocenters. The van der Waals surface area contributed by atoms with Crippen molar-refractivity contribution < 1.29 is 4.74 Å². The number of methoxy groups -OCH3 is 1. The van der Waals surface area contributed by atoms with Crippen LogP contribution in [0.3, 0.4) is 0 Å². The van der Waals surface area contributed by atoms with Crippen LogP contribution in [-0.4, -0.2) is 52.7 Å². The second-order valence-corrected chi connectivity index (χ2v) is 7.20. The quantitative estimate of drug-likeness (QED) is 0.440. The lowest BCUT2D eigenvalue weighted by molar-refractivity contribution is 0.416. The highest BCUT2D eigenvalue weighted by Gasteiger charge is 2.21. The molecule has 5 aromatic rings. The molecular weight excluding hydrogens is 404 g/mol. The van der Waals surface area contributed by atoms with E-state index in [0.717, 1.165) is 0 Å². The molecule has 0 radical (unpaired) electrons. The van der Waals surface area contributed by atoms with E-state index < -0.39 is 0 Å². The molecule has 1 N–H and O–H groups in total. The summed E-state index contributed by atoms with van der Waals surface area (Å²) in [4.78, 5) is 26.9. The number of nitrogens with zero attached hydrogens (tertiary/aromatic N) is 7. The molecule has 0 aliphatic rings. The number of pyridine rings is 1. The number of benzene rings is 1. The number of thioether (sulfide) groups is 1. The van der Waals surface area contributed by atoms with Crippen molar-refractivity contribution in [1.82, 2.24) is 39.3 Å². The van der Waals surface area contributed by atoms with E-state index in [-0.39, 0.29) is 5.56 Å². The number of aromatic nitrogens is 8. The summed E-state index contributed by atoms with van der Waals surface area (Å²) in [6.07, 6.45) is 3.48. The number of rotatable bonds is 4. The number of aromatic amines is 1. The maximum absolute atomic E-state index is 13.6. The fourth-order valence-corrected chi connectivity index (χ4v) is 3.69. The largest absolute Gasteiger partial charge is 0.496 e. The van der Waals surface area contributed by atoms with Gasteiger partial charge in [0.1, 0.15) is 11.6 Å². The van der Waals surface area contributed by atoms with Crippen molar-refractivity contribution in [2.45, 2.75) is 12.1 Å². The van der Waals surface area contributed by atoms with Crippen molar-refractivity contribution in [3.05, 3.63) is 52.7 Å². The normalized spacial score (nSPS) is 11.4. The van der Waals surface area contributed by atoms with Crippen molar-refractivity contribution in [3.8, 4) is 23.0 Å². The van der Waals surface area contributed by atoms with Gasteiger partial charge in [0.25, 0.3) is 11.3 Å². The number of hydrogen-bond acceptors (Lipinski definition) is 8. The molecule has 0 fully saturated rings. The van der Waals surface area contributed by atoms with Crippen LogP contribution in [0.25, 0.3) is 33.9 Å². The molecule has 0 spiro atoms. The van der Waals surface area contributed by atoms with E-state index in [1.165, 1.54) is 16.3 Å². The summed E-state index contributed by atoms with van der Waals surface area (Å²) in [5, 5.41) is 12.3. The Morgan fingerprint density at radius 3 is 2.73 bits per heavy atom. The smallest absolute Gasteiger partial charge is 0.269 e. The van der Waals surface area contributed by atoms with Gasteiger partial charge in [-0.15, -0.1) is 10.2 Å². The second-order valence-electron chi connectivity index (χ2n) is 6.43. The molecular formula is C19H16N8O2S. The Bertz CT molecular complexity index is 1470. The van der Waals surface area contributed by atoms with Gasteiger partial charge in [-0.05, 0) is 31.4 Å². The monoisotopic (exact) mass is 420 g/mol. The van der Waals surface area contributed by atoms with Crippen LogP contribution in [0, 0.1) is 6.92 Å². The minimum atomic E-state index is -0.306. The van der Waals surface area contributed by atoms with Gasteiger partial charge < -0.3 is 4.74 Å². The van der Waals surface area contributed by atoms with Crippen molar-refractivity contribution in [1.29, 1.82) is 0 Å². The molecule has 4 heterocycles. The molecule has 0 amide bonds. The first-order valence-corrected chi connectivity index (χ1v) is 10.2. The number of fused-ring (bicyclic) bond motifs is 2. The van der Waals surface area contributed by atoms with E-state index in [0.29, 0.717) is 50.6 Å². The van der Waals surface area contributed by atoms with Crippen LogP contribution in [0.2, 0.25) is 0 Å². The number of aryl methyl sites for hydroxylation is 1. The highest BCUT2D eigenvalue weighted by molar-refractivity contribution is 7.98. The Morgan fingerprint density at radius 2 is 1.97 bits per heavy atom. The van der Waals surface area contributed by atoms with Crippen LogP contribution in [0.1, 0.15) is 5.82 Å². The molecule has 150 valence electrons. The Balaban J connectivity index is 1.93.